The van der Waals surface area contributed by atoms with Crippen molar-refractivity contribution in [1.82, 2.24) is 0 Å². The van der Waals surface area contributed by atoms with Crippen LogP contribution in [0.25, 0.3) is 0 Å². The van der Waals surface area contributed by atoms with E-state index in [9.17, 15) is 5.26 Å². The molecule has 3 nitrogen and oxygen atoms in total. The molecule has 17 heavy (non-hydrogen) atoms. The van der Waals surface area contributed by atoms with Crippen LogP contribution in [0.3, 0.4) is 0 Å². The monoisotopic (exact) mass is 291 g/mol. The smallest absolute Gasteiger partial charge is 0.147 e. The molecule has 0 aliphatic heterocycles. The zero-order valence-corrected chi connectivity index (χ0v) is 11.1. The Hall–Kier alpha value is -1.34. The molecule has 0 heterocycles. The normalized spacial score (nSPS) is 18.9. The molecule has 0 atom stereocenters. The van der Waals surface area contributed by atoms with Crippen molar-refractivity contribution in [3.05, 3.63) is 34.3 Å². The SMILES string of the molecule is N#CC(=NN)C1(c2ccc(Br)cc2)CCCC1. The molecule has 1 aromatic carbocycles. The van der Waals surface area contributed by atoms with Gasteiger partial charge in [-0.25, -0.2) is 0 Å². The molecule has 2 N–H and O–H groups in total. The van der Waals surface area contributed by atoms with Crippen LogP contribution >= 0.6 is 15.9 Å². The molecule has 4 heteroatoms. The van der Waals surface area contributed by atoms with Crippen LogP contribution in [0.15, 0.2) is 33.8 Å². The number of benzene rings is 1. The van der Waals surface area contributed by atoms with Crippen LogP contribution in [0.1, 0.15) is 31.2 Å². The summed E-state index contributed by atoms with van der Waals surface area (Å²) in [6.07, 6.45) is 4.16. The largest absolute Gasteiger partial charge is 0.322 e. The molecular weight excluding hydrogens is 278 g/mol. The molecule has 0 bridgehead atoms. The Labute approximate surface area is 109 Å². The van der Waals surface area contributed by atoms with E-state index in [1.54, 1.807) is 0 Å². The Morgan fingerprint density at radius 1 is 1.29 bits per heavy atom. The molecular formula is C13H14BrN3. The number of hydrogen-bond acceptors (Lipinski definition) is 3. The highest BCUT2D eigenvalue weighted by molar-refractivity contribution is 9.10. The van der Waals surface area contributed by atoms with Gasteiger partial charge in [-0.3, -0.25) is 0 Å². The van der Waals surface area contributed by atoms with Crippen molar-refractivity contribution in [3.8, 4) is 6.07 Å². The molecule has 0 saturated heterocycles. The van der Waals surface area contributed by atoms with Crippen LogP contribution in [-0.4, -0.2) is 5.71 Å². The molecule has 0 amide bonds. The van der Waals surface area contributed by atoms with Gasteiger partial charge in [0.15, 0.2) is 0 Å². The minimum atomic E-state index is -0.260. The van der Waals surface area contributed by atoms with E-state index in [0.29, 0.717) is 5.71 Å². The molecule has 1 aliphatic rings. The topological polar surface area (TPSA) is 62.2 Å². The third-order valence-electron chi connectivity index (χ3n) is 3.54. The molecule has 0 unspecified atom stereocenters. The molecule has 1 saturated carbocycles. The van der Waals surface area contributed by atoms with Crippen molar-refractivity contribution < 1.29 is 0 Å². The van der Waals surface area contributed by atoms with Crippen LogP contribution < -0.4 is 5.84 Å². The van der Waals surface area contributed by atoms with Gasteiger partial charge in [-0.1, -0.05) is 40.9 Å². The van der Waals surface area contributed by atoms with E-state index >= 15 is 0 Å². The van der Waals surface area contributed by atoms with Crippen LogP contribution in [0.4, 0.5) is 0 Å². The van der Waals surface area contributed by atoms with Gasteiger partial charge in [-0.15, -0.1) is 0 Å². The highest BCUT2D eigenvalue weighted by Crippen LogP contribution is 2.42. The fraction of sp³-hybridized carbons (Fsp3) is 0.385. The first-order valence-electron chi connectivity index (χ1n) is 5.67. The fourth-order valence-electron chi connectivity index (χ4n) is 2.67. The van der Waals surface area contributed by atoms with Gasteiger partial charge in [0.25, 0.3) is 0 Å². The highest BCUT2D eigenvalue weighted by atomic mass is 79.9. The zero-order chi connectivity index (χ0) is 12.3. The summed E-state index contributed by atoms with van der Waals surface area (Å²) in [5.41, 5.74) is 1.34. The summed E-state index contributed by atoms with van der Waals surface area (Å²) < 4.78 is 1.04. The Balaban J connectivity index is 2.49. The van der Waals surface area contributed by atoms with E-state index in [1.165, 1.54) is 0 Å². The average molecular weight is 292 g/mol. The second-order valence-electron chi connectivity index (χ2n) is 4.39. The number of hydrogen-bond donors (Lipinski definition) is 1. The molecule has 0 radical (unpaired) electrons. The standard InChI is InChI=1S/C13H14BrN3/c14-11-5-3-10(4-6-11)13(7-1-2-8-13)12(9-15)17-16/h3-6H,1-2,7-8,16H2. The summed E-state index contributed by atoms with van der Waals surface area (Å²) >= 11 is 3.42. The first-order valence-corrected chi connectivity index (χ1v) is 6.47. The Kier molecular flexibility index (Phi) is 3.49. The summed E-state index contributed by atoms with van der Waals surface area (Å²) in [4.78, 5) is 0. The first kappa shape index (κ1) is 12.1. The van der Waals surface area contributed by atoms with Gasteiger partial charge < -0.3 is 5.84 Å². The van der Waals surface area contributed by atoms with E-state index in [4.69, 9.17) is 5.84 Å². The van der Waals surface area contributed by atoms with Crippen molar-refractivity contribution in [3.63, 3.8) is 0 Å². The van der Waals surface area contributed by atoms with Gasteiger partial charge >= 0.3 is 0 Å². The molecule has 1 aliphatic carbocycles. The zero-order valence-electron chi connectivity index (χ0n) is 9.49. The molecule has 2 rings (SSSR count). The predicted molar refractivity (Wildman–Crippen MR) is 71.5 cm³/mol. The van der Waals surface area contributed by atoms with Crippen molar-refractivity contribution in [2.75, 3.05) is 0 Å². The molecule has 1 aromatic rings. The molecule has 1 fully saturated rings. The minimum absolute atomic E-state index is 0.260. The minimum Gasteiger partial charge on any atom is -0.322 e. The van der Waals surface area contributed by atoms with Crippen molar-refractivity contribution >= 4 is 21.6 Å². The van der Waals surface area contributed by atoms with Crippen molar-refractivity contribution in [1.29, 1.82) is 5.26 Å². The maximum atomic E-state index is 9.20. The van der Waals surface area contributed by atoms with Crippen LogP contribution in [0.5, 0.6) is 0 Å². The lowest BCUT2D eigenvalue weighted by molar-refractivity contribution is 0.600. The van der Waals surface area contributed by atoms with Gasteiger partial charge in [-0.2, -0.15) is 10.4 Å². The average Bonchev–Trinajstić information content (AvgIpc) is 2.82. The molecule has 0 spiro atoms. The van der Waals surface area contributed by atoms with Crippen LogP contribution in [0.2, 0.25) is 0 Å². The lowest BCUT2D eigenvalue weighted by Gasteiger charge is -2.27. The summed E-state index contributed by atoms with van der Waals surface area (Å²) in [5.74, 6) is 5.37. The summed E-state index contributed by atoms with van der Waals surface area (Å²) in [7, 11) is 0. The van der Waals surface area contributed by atoms with Crippen LogP contribution in [-0.2, 0) is 5.41 Å². The quantitative estimate of drug-likeness (QED) is 0.517. The second-order valence-corrected chi connectivity index (χ2v) is 5.30. The van der Waals surface area contributed by atoms with Gasteiger partial charge in [0.2, 0.25) is 0 Å². The van der Waals surface area contributed by atoms with Gasteiger partial charge in [0, 0.05) is 9.89 Å². The lowest BCUT2D eigenvalue weighted by Crippen LogP contribution is -2.32. The Morgan fingerprint density at radius 2 is 1.88 bits per heavy atom. The molecule has 88 valence electrons. The van der Waals surface area contributed by atoms with Gasteiger partial charge in [0.1, 0.15) is 11.8 Å². The number of halogens is 1. The van der Waals surface area contributed by atoms with E-state index < -0.39 is 0 Å². The van der Waals surface area contributed by atoms with Crippen molar-refractivity contribution in [2.24, 2.45) is 10.9 Å². The first-order chi connectivity index (χ1) is 8.23. The number of nitrogens with two attached hydrogens (primary N) is 1. The third kappa shape index (κ3) is 2.07. The highest BCUT2D eigenvalue weighted by Gasteiger charge is 2.40. The summed E-state index contributed by atoms with van der Waals surface area (Å²) in [5, 5.41) is 12.9. The van der Waals surface area contributed by atoms with E-state index in [-0.39, 0.29) is 5.41 Å². The molecule has 0 aromatic heterocycles. The van der Waals surface area contributed by atoms with E-state index in [1.807, 2.05) is 12.1 Å². The lowest BCUT2D eigenvalue weighted by atomic mass is 9.75. The van der Waals surface area contributed by atoms with Gasteiger partial charge in [-0.05, 0) is 30.5 Å². The summed E-state index contributed by atoms with van der Waals surface area (Å²) in [6, 6.07) is 10.3. The Morgan fingerprint density at radius 3 is 2.35 bits per heavy atom. The van der Waals surface area contributed by atoms with Gasteiger partial charge in [0.05, 0.1) is 0 Å². The number of rotatable bonds is 2. The van der Waals surface area contributed by atoms with Crippen molar-refractivity contribution in [2.45, 2.75) is 31.1 Å². The number of nitrogens with zero attached hydrogens (tertiary/aromatic N) is 2. The van der Waals surface area contributed by atoms with E-state index in [2.05, 4.69) is 39.2 Å². The summed E-state index contributed by atoms with van der Waals surface area (Å²) in [6.45, 7) is 0. The van der Waals surface area contributed by atoms with Crippen LogP contribution in [0, 0.1) is 11.3 Å². The third-order valence-corrected chi connectivity index (χ3v) is 4.07. The Bertz CT molecular complexity index is 464. The van der Waals surface area contributed by atoms with E-state index in [0.717, 1.165) is 35.7 Å². The fourth-order valence-corrected chi connectivity index (χ4v) is 2.93. The number of nitriles is 1. The number of hydrazone groups is 1. The maximum Gasteiger partial charge on any atom is 0.147 e. The second kappa shape index (κ2) is 4.89. The maximum absolute atomic E-state index is 9.20. The predicted octanol–water partition coefficient (Wildman–Crippen LogP) is 3.10.